The Morgan fingerprint density at radius 2 is 1.65 bits per heavy atom. The van der Waals surface area contributed by atoms with Crippen LogP contribution in [0.4, 0.5) is 11.4 Å². The number of benzene rings is 3. The summed E-state index contributed by atoms with van der Waals surface area (Å²) in [4.78, 5) is 26.4. The predicted octanol–water partition coefficient (Wildman–Crippen LogP) is 4.33. The van der Waals surface area contributed by atoms with E-state index in [-0.39, 0.29) is 22.6 Å². The molecule has 1 aliphatic heterocycles. The minimum atomic E-state index is -4.00. The quantitative estimate of drug-likeness (QED) is 0.392. The molecule has 3 aromatic rings. The van der Waals surface area contributed by atoms with Crippen LogP contribution in [-0.4, -0.2) is 33.3 Å². The van der Waals surface area contributed by atoms with Gasteiger partial charge in [0.05, 0.1) is 5.69 Å². The van der Waals surface area contributed by atoms with Crippen molar-refractivity contribution in [2.24, 2.45) is 11.7 Å². The van der Waals surface area contributed by atoms with Crippen molar-refractivity contribution in [1.82, 2.24) is 4.72 Å². The third kappa shape index (κ3) is 6.49. The van der Waals surface area contributed by atoms with Crippen LogP contribution in [0.2, 0.25) is 5.02 Å². The van der Waals surface area contributed by atoms with Crippen molar-refractivity contribution < 1.29 is 18.0 Å². The van der Waals surface area contributed by atoms with Crippen molar-refractivity contribution in [3.63, 3.8) is 0 Å². The van der Waals surface area contributed by atoms with Crippen molar-refractivity contribution in [3.8, 4) is 0 Å². The van der Waals surface area contributed by atoms with Crippen LogP contribution in [0.1, 0.15) is 41.7 Å². The molecule has 1 aliphatic rings. The zero-order chi connectivity index (χ0) is 26.6. The van der Waals surface area contributed by atoms with Gasteiger partial charge in [0.25, 0.3) is 5.91 Å². The SMILES string of the molecule is CC(NS(=O)(=O)c1cc(NC(=O)c2ccc(Cl)cc2)ccc1N1CCC(C(N)=O)CC1)c1ccccc1. The Bertz CT molecular complexity index is 1370. The number of anilines is 2. The molecule has 37 heavy (non-hydrogen) atoms. The zero-order valence-electron chi connectivity index (χ0n) is 20.4. The van der Waals surface area contributed by atoms with E-state index < -0.39 is 16.1 Å². The molecule has 1 saturated heterocycles. The molecule has 1 heterocycles. The molecule has 0 radical (unpaired) electrons. The normalized spacial score (nSPS) is 15.2. The summed E-state index contributed by atoms with van der Waals surface area (Å²) in [5.74, 6) is -0.961. The molecule has 4 N–H and O–H groups in total. The second-order valence-electron chi connectivity index (χ2n) is 9.06. The molecule has 8 nitrogen and oxygen atoms in total. The summed E-state index contributed by atoms with van der Waals surface area (Å²) in [6.45, 7) is 2.75. The van der Waals surface area contributed by atoms with Gasteiger partial charge >= 0.3 is 0 Å². The van der Waals surface area contributed by atoms with Gasteiger partial charge in [-0.25, -0.2) is 13.1 Å². The van der Waals surface area contributed by atoms with Gasteiger partial charge < -0.3 is 16.0 Å². The molecule has 0 saturated carbocycles. The maximum atomic E-state index is 13.7. The molecule has 0 aromatic heterocycles. The first-order valence-corrected chi connectivity index (χ1v) is 13.8. The molecule has 4 rings (SSSR count). The predicted molar refractivity (Wildman–Crippen MR) is 145 cm³/mol. The number of carbonyl (C=O) groups is 2. The highest BCUT2D eigenvalue weighted by atomic mass is 35.5. The maximum Gasteiger partial charge on any atom is 0.255 e. The Labute approximate surface area is 221 Å². The van der Waals surface area contributed by atoms with Crippen LogP contribution in [0.15, 0.2) is 77.7 Å². The first-order chi connectivity index (χ1) is 17.6. The van der Waals surface area contributed by atoms with Crippen LogP contribution in [0.3, 0.4) is 0 Å². The van der Waals surface area contributed by atoms with E-state index in [1.807, 2.05) is 35.2 Å². The van der Waals surface area contributed by atoms with Crippen LogP contribution >= 0.6 is 11.6 Å². The Balaban J connectivity index is 1.65. The first kappa shape index (κ1) is 26.7. The van der Waals surface area contributed by atoms with E-state index in [9.17, 15) is 18.0 Å². The number of amides is 2. The van der Waals surface area contributed by atoms with E-state index in [0.29, 0.717) is 47.9 Å². The largest absolute Gasteiger partial charge is 0.370 e. The molecule has 1 atom stereocenters. The number of nitrogens with one attached hydrogen (secondary N) is 2. The standard InChI is InChI=1S/C27H29ClN4O4S/c1-18(19-5-3-2-4-6-19)31-37(35,36)25-17-23(30-27(34)21-7-9-22(28)10-8-21)11-12-24(25)32-15-13-20(14-16-32)26(29)33/h2-12,17-18,20,31H,13-16H2,1H3,(H2,29,33)(H,30,34). The van der Waals surface area contributed by atoms with Gasteiger partial charge in [-0.15, -0.1) is 0 Å². The second-order valence-corrected chi connectivity index (χ2v) is 11.2. The topological polar surface area (TPSA) is 122 Å². The number of hydrogen-bond donors (Lipinski definition) is 3. The van der Waals surface area contributed by atoms with Gasteiger partial charge in [0, 0.05) is 41.3 Å². The maximum absolute atomic E-state index is 13.7. The minimum Gasteiger partial charge on any atom is -0.370 e. The summed E-state index contributed by atoms with van der Waals surface area (Å²) < 4.78 is 30.1. The number of nitrogens with zero attached hydrogens (tertiary/aromatic N) is 1. The molecule has 194 valence electrons. The van der Waals surface area contributed by atoms with E-state index in [1.165, 1.54) is 6.07 Å². The Kier molecular flexibility index (Phi) is 8.16. The first-order valence-electron chi connectivity index (χ1n) is 12.0. The van der Waals surface area contributed by atoms with Gasteiger partial charge in [0.2, 0.25) is 15.9 Å². The van der Waals surface area contributed by atoms with Crippen molar-refractivity contribution >= 4 is 44.8 Å². The van der Waals surface area contributed by atoms with Crippen molar-refractivity contribution in [2.75, 3.05) is 23.3 Å². The highest BCUT2D eigenvalue weighted by Gasteiger charge is 2.29. The monoisotopic (exact) mass is 540 g/mol. The summed E-state index contributed by atoms with van der Waals surface area (Å²) in [7, 11) is -4.00. The van der Waals surface area contributed by atoms with Crippen LogP contribution in [-0.2, 0) is 14.8 Å². The average Bonchev–Trinajstić information content (AvgIpc) is 2.89. The average molecular weight is 541 g/mol. The van der Waals surface area contributed by atoms with Crippen LogP contribution in [0, 0.1) is 5.92 Å². The third-order valence-corrected chi connectivity index (χ3v) is 8.30. The number of carbonyl (C=O) groups excluding carboxylic acids is 2. The van der Waals surface area contributed by atoms with E-state index in [2.05, 4.69) is 10.0 Å². The molecule has 3 aromatic carbocycles. The van der Waals surface area contributed by atoms with Crippen LogP contribution in [0.5, 0.6) is 0 Å². The fourth-order valence-electron chi connectivity index (χ4n) is 4.38. The second kappa shape index (κ2) is 11.3. The Morgan fingerprint density at radius 1 is 1.00 bits per heavy atom. The van der Waals surface area contributed by atoms with Gasteiger partial charge in [0.15, 0.2) is 0 Å². The molecule has 0 aliphatic carbocycles. The molecule has 0 spiro atoms. The third-order valence-electron chi connectivity index (χ3n) is 6.48. The number of primary amides is 1. The van der Waals surface area contributed by atoms with Gasteiger partial charge in [-0.1, -0.05) is 41.9 Å². The van der Waals surface area contributed by atoms with Gasteiger partial charge in [-0.05, 0) is 67.8 Å². The number of halogens is 1. The van der Waals surface area contributed by atoms with E-state index in [0.717, 1.165) is 5.56 Å². The lowest BCUT2D eigenvalue weighted by molar-refractivity contribution is -0.122. The van der Waals surface area contributed by atoms with E-state index in [1.54, 1.807) is 43.3 Å². The summed E-state index contributed by atoms with van der Waals surface area (Å²) in [5.41, 5.74) is 7.52. The molecular formula is C27H29ClN4O4S. The van der Waals surface area contributed by atoms with Crippen LogP contribution in [0.25, 0.3) is 0 Å². The van der Waals surface area contributed by atoms with Gasteiger partial charge in [-0.3, -0.25) is 9.59 Å². The van der Waals surface area contributed by atoms with E-state index >= 15 is 0 Å². The molecule has 10 heteroatoms. The summed E-state index contributed by atoms with van der Waals surface area (Å²) in [6, 6.07) is 20.0. The van der Waals surface area contributed by atoms with Gasteiger partial charge in [0.1, 0.15) is 4.90 Å². The Hall–Kier alpha value is -3.40. The molecule has 0 bridgehead atoms. The number of sulfonamides is 1. The summed E-state index contributed by atoms with van der Waals surface area (Å²) >= 11 is 5.92. The highest BCUT2D eigenvalue weighted by Crippen LogP contribution is 2.33. The minimum absolute atomic E-state index is 0.0433. The number of hydrogen-bond acceptors (Lipinski definition) is 5. The van der Waals surface area contributed by atoms with Gasteiger partial charge in [-0.2, -0.15) is 0 Å². The molecule has 1 unspecified atom stereocenters. The smallest absolute Gasteiger partial charge is 0.255 e. The Morgan fingerprint density at radius 3 is 2.27 bits per heavy atom. The molecular weight excluding hydrogens is 512 g/mol. The zero-order valence-corrected chi connectivity index (χ0v) is 21.9. The molecule has 2 amide bonds. The van der Waals surface area contributed by atoms with Crippen LogP contribution < -0.4 is 20.7 Å². The fraction of sp³-hybridized carbons (Fsp3) is 0.259. The summed E-state index contributed by atoms with van der Waals surface area (Å²) in [6.07, 6.45) is 1.08. The van der Waals surface area contributed by atoms with Crippen molar-refractivity contribution in [1.29, 1.82) is 0 Å². The van der Waals surface area contributed by atoms with Crippen molar-refractivity contribution in [2.45, 2.75) is 30.7 Å². The number of rotatable bonds is 8. The van der Waals surface area contributed by atoms with E-state index in [4.69, 9.17) is 17.3 Å². The lowest BCUT2D eigenvalue weighted by atomic mass is 9.96. The highest BCUT2D eigenvalue weighted by molar-refractivity contribution is 7.89. The number of piperidine rings is 1. The lowest BCUT2D eigenvalue weighted by Gasteiger charge is -2.33. The van der Waals surface area contributed by atoms with Crippen molar-refractivity contribution in [3.05, 3.63) is 88.9 Å². The fourth-order valence-corrected chi connectivity index (χ4v) is 5.99. The number of nitrogens with two attached hydrogens (primary N) is 1. The summed E-state index contributed by atoms with van der Waals surface area (Å²) in [5, 5.41) is 3.28. The molecule has 1 fully saturated rings. The lowest BCUT2D eigenvalue weighted by Crippen LogP contribution is -2.39.